The van der Waals surface area contributed by atoms with Gasteiger partial charge in [-0.05, 0) is 5.92 Å². The van der Waals surface area contributed by atoms with E-state index >= 15 is 0 Å². The summed E-state index contributed by atoms with van der Waals surface area (Å²) in [6.45, 7) is 6.85. The zero-order valence-electron chi connectivity index (χ0n) is 6.81. The van der Waals surface area contributed by atoms with E-state index in [9.17, 15) is 0 Å². The zero-order chi connectivity index (χ0) is 6.41. The molecule has 0 aliphatic rings. The van der Waals surface area contributed by atoms with E-state index in [2.05, 4.69) is 20.8 Å². The Kier molecular flexibility index (Phi) is 11.1. The Morgan fingerprint density at radius 1 is 1.22 bits per heavy atom. The summed E-state index contributed by atoms with van der Waals surface area (Å²) in [6, 6.07) is 0. The minimum atomic E-state index is 0. The molecular formula is C8H19Cl. The highest BCUT2D eigenvalue weighted by Gasteiger charge is 1.94. The van der Waals surface area contributed by atoms with Crippen molar-refractivity contribution >= 4 is 12.4 Å². The maximum atomic E-state index is 2.33. The van der Waals surface area contributed by atoms with Crippen LogP contribution in [0.4, 0.5) is 0 Å². The quantitative estimate of drug-likeness (QED) is 0.574. The van der Waals surface area contributed by atoms with Gasteiger partial charge in [0, 0.05) is 0 Å². The average Bonchev–Trinajstić information content (AvgIpc) is 1.83. The van der Waals surface area contributed by atoms with Gasteiger partial charge in [-0.25, -0.2) is 0 Å². The third-order valence-electron chi connectivity index (χ3n) is 1.75. The van der Waals surface area contributed by atoms with E-state index in [1.165, 1.54) is 25.7 Å². The molecule has 0 amide bonds. The number of hydrogen-bond acceptors (Lipinski definition) is 0. The zero-order valence-corrected chi connectivity index (χ0v) is 7.63. The van der Waals surface area contributed by atoms with E-state index in [0.29, 0.717) is 0 Å². The van der Waals surface area contributed by atoms with Gasteiger partial charge in [0.1, 0.15) is 0 Å². The fourth-order valence-corrected chi connectivity index (χ4v) is 0.757. The van der Waals surface area contributed by atoms with Gasteiger partial charge in [0.2, 0.25) is 0 Å². The van der Waals surface area contributed by atoms with Gasteiger partial charge in [0.05, 0.1) is 0 Å². The molecule has 0 nitrogen and oxygen atoms in total. The van der Waals surface area contributed by atoms with Crippen molar-refractivity contribution in [2.75, 3.05) is 0 Å². The molecule has 0 bridgehead atoms. The summed E-state index contributed by atoms with van der Waals surface area (Å²) >= 11 is 0. The monoisotopic (exact) mass is 150 g/mol. The van der Waals surface area contributed by atoms with E-state index in [4.69, 9.17) is 0 Å². The number of rotatable bonds is 4. The predicted octanol–water partition coefficient (Wildman–Crippen LogP) is 3.64. The van der Waals surface area contributed by atoms with Crippen LogP contribution >= 0.6 is 12.4 Å². The van der Waals surface area contributed by atoms with Crippen LogP contribution in [0.1, 0.15) is 46.5 Å². The molecule has 0 saturated heterocycles. The molecule has 0 radical (unpaired) electrons. The van der Waals surface area contributed by atoms with Gasteiger partial charge in [-0.1, -0.05) is 46.5 Å². The Bertz CT molecular complexity index is 43.8. The second-order valence-corrected chi connectivity index (χ2v) is 2.66. The van der Waals surface area contributed by atoms with E-state index in [-0.39, 0.29) is 12.4 Å². The Balaban J connectivity index is 0. The number of hydrogen-bond donors (Lipinski definition) is 0. The maximum Gasteiger partial charge on any atom is -0.0445 e. The van der Waals surface area contributed by atoms with Gasteiger partial charge in [0.15, 0.2) is 0 Å². The maximum absolute atomic E-state index is 2.33. The van der Waals surface area contributed by atoms with Crippen molar-refractivity contribution in [2.45, 2.75) is 46.5 Å². The van der Waals surface area contributed by atoms with Crippen LogP contribution in [-0.2, 0) is 0 Å². The van der Waals surface area contributed by atoms with Crippen molar-refractivity contribution in [3.63, 3.8) is 0 Å². The molecule has 1 heteroatoms. The van der Waals surface area contributed by atoms with Gasteiger partial charge in [-0.15, -0.1) is 12.4 Å². The topological polar surface area (TPSA) is 0 Å². The first kappa shape index (κ1) is 12.0. The van der Waals surface area contributed by atoms with Crippen LogP contribution in [0.15, 0.2) is 0 Å². The summed E-state index contributed by atoms with van der Waals surface area (Å²) in [5.74, 6) is 0.954. The van der Waals surface area contributed by atoms with E-state index in [1.807, 2.05) is 0 Å². The first-order valence-corrected chi connectivity index (χ1v) is 3.81. The Morgan fingerprint density at radius 2 is 1.78 bits per heavy atom. The van der Waals surface area contributed by atoms with Crippen LogP contribution in [-0.4, -0.2) is 0 Å². The van der Waals surface area contributed by atoms with Crippen LogP contribution in [0.5, 0.6) is 0 Å². The van der Waals surface area contributed by atoms with Gasteiger partial charge >= 0.3 is 0 Å². The third kappa shape index (κ3) is 8.29. The largest absolute Gasteiger partial charge is 0.147 e. The number of halogens is 1. The second kappa shape index (κ2) is 8.29. The normalized spacial score (nSPS) is 12.3. The van der Waals surface area contributed by atoms with Crippen LogP contribution in [0.3, 0.4) is 0 Å². The highest BCUT2D eigenvalue weighted by molar-refractivity contribution is 5.85. The van der Waals surface area contributed by atoms with Crippen molar-refractivity contribution < 1.29 is 0 Å². The Hall–Kier alpha value is 0.290. The standard InChI is InChI=1S/C8H18.ClH/c1-4-6-7-8(3)5-2;/h8H,4-7H2,1-3H3;1H. The lowest BCUT2D eigenvalue weighted by atomic mass is 10.0. The predicted molar refractivity (Wildman–Crippen MR) is 46.2 cm³/mol. The average molecular weight is 151 g/mol. The summed E-state index contributed by atoms with van der Waals surface area (Å²) in [5.41, 5.74) is 0. The summed E-state index contributed by atoms with van der Waals surface area (Å²) < 4.78 is 0. The van der Waals surface area contributed by atoms with Crippen molar-refractivity contribution in [3.8, 4) is 0 Å². The minimum Gasteiger partial charge on any atom is -0.147 e. The minimum absolute atomic E-state index is 0. The molecule has 0 aromatic rings. The van der Waals surface area contributed by atoms with E-state index in [1.54, 1.807) is 0 Å². The van der Waals surface area contributed by atoms with Crippen molar-refractivity contribution in [1.29, 1.82) is 0 Å². The lowest BCUT2D eigenvalue weighted by Crippen LogP contribution is -1.89. The van der Waals surface area contributed by atoms with Gasteiger partial charge in [-0.2, -0.15) is 0 Å². The highest BCUT2D eigenvalue weighted by atomic mass is 35.5. The van der Waals surface area contributed by atoms with Crippen molar-refractivity contribution in [3.05, 3.63) is 0 Å². The number of unbranched alkanes of at least 4 members (excludes halogenated alkanes) is 1. The molecule has 0 N–H and O–H groups in total. The Morgan fingerprint density at radius 3 is 2.11 bits per heavy atom. The molecule has 0 fully saturated rings. The van der Waals surface area contributed by atoms with Crippen LogP contribution < -0.4 is 0 Å². The molecule has 1 unspecified atom stereocenters. The molecule has 0 heterocycles. The summed E-state index contributed by atoms with van der Waals surface area (Å²) in [6.07, 6.45) is 5.53. The fraction of sp³-hybridized carbons (Fsp3) is 1.00. The van der Waals surface area contributed by atoms with Crippen LogP contribution in [0.25, 0.3) is 0 Å². The lowest BCUT2D eigenvalue weighted by molar-refractivity contribution is 0.492. The second-order valence-electron chi connectivity index (χ2n) is 2.66. The molecule has 0 saturated carbocycles. The summed E-state index contributed by atoms with van der Waals surface area (Å²) in [5, 5.41) is 0. The van der Waals surface area contributed by atoms with Crippen LogP contribution in [0, 0.1) is 5.92 Å². The van der Waals surface area contributed by atoms with E-state index in [0.717, 1.165) is 5.92 Å². The molecule has 0 aromatic carbocycles. The molecule has 9 heavy (non-hydrogen) atoms. The SMILES string of the molecule is CCCCC(C)CC.Cl. The van der Waals surface area contributed by atoms with Crippen molar-refractivity contribution in [1.82, 2.24) is 0 Å². The van der Waals surface area contributed by atoms with Gasteiger partial charge in [0.25, 0.3) is 0 Å². The molecule has 0 spiro atoms. The lowest BCUT2D eigenvalue weighted by Gasteiger charge is -2.04. The molecule has 0 aliphatic carbocycles. The summed E-state index contributed by atoms with van der Waals surface area (Å²) in [4.78, 5) is 0. The highest BCUT2D eigenvalue weighted by Crippen LogP contribution is 2.09. The first-order chi connectivity index (χ1) is 3.81. The molecular weight excluding hydrogens is 132 g/mol. The molecule has 1 atom stereocenters. The summed E-state index contributed by atoms with van der Waals surface area (Å²) in [7, 11) is 0. The van der Waals surface area contributed by atoms with Gasteiger partial charge in [-0.3, -0.25) is 0 Å². The molecule has 0 rings (SSSR count). The molecule has 0 aromatic heterocycles. The van der Waals surface area contributed by atoms with Gasteiger partial charge < -0.3 is 0 Å². The first-order valence-electron chi connectivity index (χ1n) is 3.81. The molecule has 0 aliphatic heterocycles. The fourth-order valence-electron chi connectivity index (χ4n) is 0.757. The van der Waals surface area contributed by atoms with E-state index < -0.39 is 0 Å². The third-order valence-corrected chi connectivity index (χ3v) is 1.75. The van der Waals surface area contributed by atoms with Crippen LogP contribution in [0.2, 0.25) is 0 Å². The smallest absolute Gasteiger partial charge is 0.0445 e. The molecule has 58 valence electrons. The Labute approximate surface area is 65.4 Å². The van der Waals surface area contributed by atoms with Crippen molar-refractivity contribution in [2.24, 2.45) is 5.92 Å².